The van der Waals surface area contributed by atoms with E-state index in [2.05, 4.69) is 10.4 Å². The van der Waals surface area contributed by atoms with Crippen molar-refractivity contribution in [1.82, 2.24) is 9.78 Å². The fraction of sp³-hybridized carbons (Fsp3) is 0.625. The molecule has 0 aliphatic heterocycles. The summed E-state index contributed by atoms with van der Waals surface area (Å²) in [7, 11) is 1.66. The zero-order valence-electron chi connectivity index (χ0n) is 8.93. The summed E-state index contributed by atoms with van der Waals surface area (Å²) in [6, 6.07) is 0. The highest BCUT2D eigenvalue weighted by Crippen LogP contribution is 2.21. The van der Waals surface area contributed by atoms with Crippen LogP contribution in [-0.2, 0) is 7.05 Å². The number of nitrogens with zero attached hydrogens (tertiary/aromatic N) is 3. The number of aromatic nitrogens is 2. The molecule has 1 aromatic rings. The third-order valence-electron chi connectivity index (χ3n) is 1.97. The first-order valence-corrected chi connectivity index (χ1v) is 5.78. The van der Waals surface area contributed by atoms with E-state index in [-0.39, 0.29) is 5.69 Å². The topological polar surface area (TPSA) is 73.0 Å². The van der Waals surface area contributed by atoms with Gasteiger partial charge in [0.1, 0.15) is 6.20 Å². The van der Waals surface area contributed by atoms with Crippen LogP contribution in [0.5, 0.6) is 0 Å². The predicted octanol–water partition coefficient (Wildman–Crippen LogP) is 1.49. The summed E-state index contributed by atoms with van der Waals surface area (Å²) in [4.78, 5) is 10.2. The molecule has 0 saturated carbocycles. The molecule has 0 spiro atoms. The van der Waals surface area contributed by atoms with Crippen LogP contribution in [-0.4, -0.2) is 32.8 Å². The fourth-order valence-electron chi connectivity index (χ4n) is 1.06. The van der Waals surface area contributed by atoms with Gasteiger partial charge in [0.2, 0.25) is 5.82 Å². The van der Waals surface area contributed by atoms with Crippen LogP contribution in [0.25, 0.3) is 0 Å². The molecule has 84 valence electrons. The number of rotatable bonds is 5. The van der Waals surface area contributed by atoms with Gasteiger partial charge in [-0.25, -0.2) is 0 Å². The van der Waals surface area contributed by atoms with Gasteiger partial charge in [-0.15, -0.1) is 5.10 Å². The quantitative estimate of drug-likeness (QED) is 0.613. The van der Waals surface area contributed by atoms with Crippen molar-refractivity contribution < 1.29 is 4.92 Å². The highest BCUT2D eigenvalue weighted by atomic mass is 32.2. The van der Waals surface area contributed by atoms with E-state index < -0.39 is 4.92 Å². The minimum atomic E-state index is -0.431. The van der Waals surface area contributed by atoms with Crippen molar-refractivity contribution in [1.29, 1.82) is 0 Å². The van der Waals surface area contributed by atoms with Gasteiger partial charge in [-0.05, 0) is 6.26 Å². The third kappa shape index (κ3) is 3.12. The molecule has 6 nitrogen and oxygen atoms in total. The molecule has 0 amide bonds. The number of nitro groups is 1. The molecule has 0 saturated heterocycles. The Bertz CT molecular complexity index is 352. The smallest absolute Gasteiger partial charge is 0.330 e. The molecule has 0 aliphatic rings. The lowest BCUT2D eigenvalue weighted by Crippen LogP contribution is -2.13. The van der Waals surface area contributed by atoms with Gasteiger partial charge >= 0.3 is 5.69 Å². The van der Waals surface area contributed by atoms with Crippen LogP contribution < -0.4 is 5.32 Å². The highest BCUT2D eigenvalue weighted by molar-refractivity contribution is 7.99. The Kier molecular flexibility index (Phi) is 3.96. The summed E-state index contributed by atoms with van der Waals surface area (Å²) in [5.41, 5.74) is 0.0193. The van der Waals surface area contributed by atoms with Crippen LogP contribution in [0.15, 0.2) is 6.20 Å². The summed E-state index contributed by atoms with van der Waals surface area (Å²) < 4.78 is 1.43. The van der Waals surface area contributed by atoms with Gasteiger partial charge in [0.15, 0.2) is 0 Å². The molecular weight excluding hydrogens is 216 g/mol. The van der Waals surface area contributed by atoms with E-state index >= 15 is 0 Å². The Morgan fingerprint density at radius 1 is 1.80 bits per heavy atom. The van der Waals surface area contributed by atoms with Crippen molar-refractivity contribution in [3.63, 3.8) is 0 Å². The summed E-state index contributed by atoms with van der Waals surface area (Å²) in [5, 5.41) is 18.0. The van der Waals surface area contributed by atoms with Gasteiger partial charge in [-0.1, -0.05) is 6.92 Å². The minimum absolute atomic E-state index is 0.0193. The average molecular weight is 230 g/mol. The molecule has 1 heterocycles. The molecule has 1 aromatic heterocycles. The van der Waals surface area contributed by atoms with Crippen molar-refractivity contribution in [3.8, 4) is 0 Å². The summed E-state index contributed by atoms with van der Waals surface area (Å²) >= 11 is 1.70. The number of aryl methyl sites for hydroxylation is 1. The summed E-state index contributed by atoms with van der Waals surface area (Å²) in [5.74, 6) is 0.336. The SMILES string of the molecule is CSC(C)CNc1nn(C)cc1[N+](=O)[O-]. The third-order valence-corrected chi connectivity index (χ3v) is 2.94. The Hall–Kier alpha value is -1.24. The molecule has 0 aromatic carbocycles. The number of hydrogen-bond donors (Lipinski definition) is 1. The van der Waals surface area contributed by atoms with Crippen molar-refractivity contribution in [2.45, 2.75) is 12.2 Å². The molecular formula is C8H14N4O2S. The first kappa shape index (κ1) is 11.8. The van der Waals surface area contributed by atoms with Crippen LogP contribution in [0.2, 0.25) is 0 Å². The normalized spacial score (nSPS) is 12.5. The largest absolute Gasteiger partial charge is 0.362 e. The van der Waals surface area contributed by atoms with E-state index in [1.807, 2.05) is 13.2 Å². The number of anilines is 1. The van der Waals surface area contributed by atoms with E-state index in [0.717, 1.165) is 0 Å². The highest BCUT2D eigenvalue weighted by Gasteiger charge is 2.18. The lowest BCUT2D eigenvalue weighted by atomic mass is 10.4. The summed E-state index contributed by atoms with van der Waals surface area (Å²) in [6.45, 7) is 2.71. The second-order valence-electron chi connectivity index (χ2n) is 3.22. The van der Waals surface area contributed by atoms with Crippen LogP contribution in [0, 0.1) is 10.1 Å². The minimum Gasteiger partial charge on any atom is -0.362 e. The zero-order chi connectivity index (χ0) is 11.4. The number of thioether (sulfide) groups is 1. The van der Waals surface area contributed by atoms with Gasteiger partial charge < -0.3 is 5.32 Å². The molecule has 7 heteroatoms. The molecule has 0 fully saturated rings. The Labute approximate surface area is 92.2 Å². The molecule has 1 rings (SSSR count). The van der Waals surface area contributed by atoms with Crippen LogP contribution in [0.4, 0.5) is 11.5 Å². The average Bonchev–Trinajstić information content (AvgIpc) is 2.56. The van der Waals surface area contributed by atoms with E-state index in [1.165, 1.54) is 10.9 Å². The van der Waals surface area contributed by atoms with Crippen molar-refractivity contribution in [2.75, 3.05) is 18.1 Å². The predicted molar refractivity (Wildman–Crippen MR) is 61.3 cm³/mol. The van der Waals surface area contributed by atoms with Gasteiger partial charge in [-0.3, -0.25) is 14.8 Å². The van der Waals surface area contributed by atoms with E-state index in [9.17, 15) is 10.1 Å². The van der Waals surface area contributed by atoms with Gasteiger partial charge in [0.05, 0.1) is 4.92 Å². The molecule has 1 N–H and O–H groups in total. The number of nitrogens with one attached hydrogen (secondary N) is 1. The lowest BCUT2D eigenvalue weighted by molar-refractivity contribution is -0.384. The Morgan fingerprint density at radius 2 is 2.47 bits per heavy atom. The van der Waals surface area contributed by atoms with Crippen molar-refractivity contribution >= 4 is 23.3 Å². The van der Waals surface area contributed by atoms with E-state index in [1.54, 1.807) is 18.8 Å². The van der Waals surface area contributed by atoms with Gasteiger partial charge in [-0.2, -0.15) is 11.8 Å². The summed E-state index contributed by atoms with van der Waals surface area (Å²) in [6.07, 6.45) is 3.39. The van der Waals surface area contributed by atoms with E-state index in [4.69, 9.17) is 0 Å². The number of hydrogen-bond acceptors (Lipinski definition) is 5. The van der Waals surface area contributed by atoms with Crippen molar-refractivity contribution in [2.24, 2.45) is 7.05 Å². The maximum Gasteiger partial charge on any atom is 0.330 e. The maximum atomic E-state index is 10.7. The second kappa shape index (κ2) is 5.01. The standard InChI is InChI=1S/C8H14N4O2S/c1-6(15-3)4-9-8-7(12(13)14)5-11(2)10-8/h5-6H,4H2,1-3H3,(H,9,10). The first-order chi connectivity index (χ1) is 7.04. The van der Waals surface area contributed by atoms with Gasteiger partial charge in [0, 0.05) is 18.8 Å². The Balaban J connectivity index is 2.71. The second-order valence-corrected chi connectivity index (χ2v) is 4.50. The van der Waals surface area contributed by atoms with Crippen LogP contribution >= 0.6 is 11.8 Å². The molecule has 0 aliphatic carbocycles. The first-order valence-electron chi connectivity index (χ1n) is 4.49. The van der Waals surface area contributed by atoms with Crippen LogP contribution in [0.3, 0.4) is 0 Å². The Morgan fingerprint density at radius 3 is 3.00 bits per heavy atom. The monoisotopic (exact) mass is 230 g/mol. The molecule has 1 atom stereocenters. The molecule has 0 radical (unpaired) electrons. The van der Waals surface area contributed by atoms with Crippen LogP contribution in [0.1, 0.15) is 6.92 Å². The lowest BCUT2D eigenvalue weighted by Gasteiger charge is -2.07. The maximum absolute atomic E-state index is 10.7. The zero-order valence-corrected chi connectivity index (χ0v) is 9.74. The van der Waals surface area contributed by atoms with Gasteiger partial charge in [0.25, 0.3) is 0 Å². The fourth-order valence-corrected chi connectivity index (χ4v) is 1.31. The van der Waals surface area contributed by atoms with Crippen molar-refractivity contribution in [3.05, 3.63) is 16.3 Å². The molecule has 1 unspecified atom stereocenters. The molecule has 15 heavy (non-hydrogen) atoms. The molecule has 0 bridgehead atoms. The van der Waals surface area contributed by atoms with E-state index in [0.29, 0.717) is 17.6 Å².